The summed E-state index contributed by atoms with van der Waals surface area (Å²) in [5.41, 5.74) is 6.11. The second-order valence-electron chi connectivity index (χ2n) is 4.66. The lowest BCUT2D eigenvalue weighted by Gasteiger charge is -2.30. The molecule has 0 spiro atoms. The van der Waals surface area contributed by atoms with E-state index in [-0.39, 0.29) is 5.75 Å². The van der Waals surface area contributed by atoms with Crippen molar-refractivity contribution in [2.45, 2.75) is 18.9 Å². The predicted octanol–water partition coefficient (Wildman–Crippen LogP) is 3.59. The zero-order valence-corrected chi connectivity index (χ0v) is 11.5. The van der Waals surface area contributed by atoms with Gasteiger partial charge in [0, 0.05) is 5.56 Å². The van der Waals surface area contributed by atoms with E-state index in [0.717, 1.165) is 0 Å². The Bertz CT molecular complexity index is 615. The smallest absolute Gasteiger partial charge is 0.170 e. The summed E-state index contributed by atoms with van der Waals surface area (Å²) in [6, 6.07) is 10.7. The molecule has 0 amide bonds. The lowest BCUT2D eigenvalue weighted by atomic mass is 9.81. The summed E-state index contributed by atoms with van der Waals surface area (Å²) in [6.45, 7) is 1.84. The molecule has 0 aliphatic carbocycles. The average Bonchev–Trinajstić information content (AvgIpc) is 2.46. The Morgan fingerprint density at radius 1 is 1.15 bits per heavy atom. The topological polar surface area (TPSA) is 35.2 Å². The summed E-state index contributed by atoms with van der Waals surface area (Å²) in [6.07, 6.45) is 0.431. The van der Waals surface area contributed by atoms with Gasteiger partial charge in [0.25, 0.3) is 0 Å². The Kier molecular flexibility index (Phi) is 4.04. The standard InChI is InChI=1S/C16H17F2NO/c1-3-16(19,11-6-4-7-12(17)10-11)13-8-5-9-14(20-2)15(13)18/h4-10H,3,19H2,1-2H3. The molecule has 0 aliphatic rings. The minimum absolute atomic E-state index is 0.127. The van der Waals surface area contributed by atoms with E-state index in [1.54, 1.807) is 24.3 Å². The average molecular weight is 277 g/mol. The molecule has 1 atom stereocenters. The summed E-state index contributed by atoms with van der Waals surface area (Å²) in [5, 5.41) is 0. The molecular formula is C16H17F2NO. The van der Waals surface area contributed by atoms with Crippen LogP contribution in [-0.4, -0.2) is 7.11 Å². The summed E-state index contributed by atoms with van der Waals surface area (Å²) < 4.78 is 32.8. The van der Waals surface area contributed by atoms with Crippen LogP contribution in [-0.2, 0) is 5.54 Å². The summed E-state index contributed by atoms with van der Waals surface area (Å²) >= 11 is 0. The largest absolute Gasteiger partial charge is 0.494 e. The second-order valence-corrected chi connectivity index (χ2v) is 4.66. The molecule has 0 aromatic heterocycles. The molecule has 2 nitrogen and oxygen atoms in total. The first-order valence-electron chi connectivity index (χ1n) is 6.41. The van der Waals surface area contributed by atoms with E-state index >= 15 is 0 Å². The predicted molar refractivity (Wildman–Crippen MR) is 74.6 cm³/mol. The van der Waals surface area contributed by atoms with Gasteiger partial charge in [-0.2, -0.15) is 0 Å². The fourth-order valence-corrected chi connectivity index (χ4v) is 2.33. The second kappa shape index (κ2) is 5.59. The molecule has 0 bridgehead atoms. The van der Waals surface area contributed by atoms with E-state index in [1.807, 2.05) is 6.92 Å². The van der Waals surface area contributed by atoms with Crippen molar-refractivity contribution in [3.05, 3.63) is 65.2 Å². The third-order valence-corrected chi connectivity index (χ3v) is 3.56. The Balaban J connectivity index is 2.62. The van der Waals surface area contributed by atoms with Crippen LogP contribution >= 0.6 is 0 Å². The highest BCUT2D eigenvalue weighted by Crippen LogP contribution is 2.35. The SMILES string of the molecule is CCC(N)(c1cccc(F)c1)c1cccc(OC)c1F. The van der Waals surface area contributed by atoms with Gasteiger partial charge >= 0.3 is 0 Å². The fourth-order valence-electron chi connectivity index (χ4n) is 2.33. The molecule has 2 aromatic carbocycles. The maximum absolute atomic E-state index is 14.4. The third kappa shape index (κ3) is 2.39. The molecule has 2 N–H and O–H groups in total. The van der Waals surface area contributed by atoms with Crippen LogP contribution in [0.3, 0.4) is 0 Å². The Labute approximate surface area is 117 Å². The van der Waals surface area contributed by atoms with Crippen molar-refractivity contribution in [1.82, 2.24) is 0 Å². The van der Waals surface area contributed by atoms with Gasteiger partial charge < -0.3 is 10.5 Å². The molecular weight excluding hydrogens is 260 g/mol. The Morgan fingerprint density at radius 2 is 1.85 bits per heavy atom. The minimum atomic E-state index is -1.10. The number of hydrogen-bond donors (Lipinski definition) is 1. The zero-order chi connectivity index (χ0) is 14.8. The molecule has 0 aliphatic heterocycles. The van der Waals surface area contributed by atoms with Gasteiger partial charge in [-0.05, 0) is 30.2 Å². The quantitative estimate of drug-likeness (QED) is 0.927. The van der Waals surface area contributed by atoms with Gasteiger partial charge in [0.15, 0.2) is 11.6 Å². The van der Waals surface area contributed by atoms with Crippen molar-refractivity contribution in [1.29, 1.82) is 0 Å². The van der Waals surface area contributed by atoms with Crippen LogP contribution in [0, 0.1) is 11.6 Å². The van der Waals surface area contributed by atoms with Gasteiger partial charge in [-0.3, -0.25) is 0 Å². The number of hydrogen-bond acceptors (Lipinski definition) is 2. The molecule has 4 heteroatoms. The van der Waals surface area contributed by atoms with Gasteiger partial charge in [-0.15, -0.1) is 0 Å². The fraction of sp³-hybridized carbons (Fsp3) is 0.250. The van der Waals surface area contributed by atoms with E-state index in [4.69, 9.17) is 10.5 Å². The van der Waals surface area contributed by atoms with Crippen LogP contribution in [0.25, 0.3) is 0 Å². The highest BCUT2D eigenvalue weighted by Gasteiger charge is 2.32. The van der Waals surface area contributed by atoms with Gasteiger partial charge in [0.2, 0.25) is 0 Å². The van der Waals surface area contributed by atoms with E-state index in [2.05, 4.69) is 0 Å². The Hall–Kier alpha value is -1.94. The molecule has 0 fully saturated rings. The minimum Gasteiger partial charge on any atom is -0.494 e. The lowest BCUT2D eigenvalue weighted by Crippen LogP contribution is -2.38. The highest BCUT2D eigenvalue weighted by molar-refractivity contribution is 5.42. The van der Waals surface area contributed by atoms with E-state index in [9.17, 15) is 8.78 Å². The van der Waals surface area contributed by atoms with Crippen molar-refractivity contribution in [3.63, 3.8) is 0 Å². The van der Waals surface area contributed by atoms with Crippen LogP contribution in [0.5, 0.6) is 5.75 Å². The van der Waals surface area contributed by atoms with Crippen LogP contribution in [0.1, 0.15) is 24.5 Å². The summed E-state index contributed by atoms with van der Waals surface area (Å²) in [4.78, 5) is 0. The van der Waals surface area contributed by atoms with Crippen molar-refractivity contribution in [3.8, 4) is 5.75 Å². The van der Waals surface area contributed by atoms with Gasteiger partial charge in [-0.1, -0.05) is 31.2 Å². The molecule has 0 heterocycles. The molecule has 0 radical (unpaired) electrons. The third-order valence-electron chi connectivity index (χ3n) is 3.56. The van der Waals surface area contributed by atoms with Crippen LogP contribution < -0.4 is 10.5 Å². The number of rotatable bonds is 4. The number of ether oxygens (including phenoxy) is 1. The molecule has 0 saturated carbocycles. The van der Waals surface area contributed by atoms with E-state index < -0.39 is 17.2 Å². The van der Waals surface area contributed by atoms with Crippen molar-refractivity contribution < 1.29 is 13.5 Å². The first kappa shape index (κ1) is 14.5. The van der Waals surface area contributed by atoms with Crippen LogP contribution in [0.4, 0.5) is 8.78 Å². The highest BCUT2D eigenvalue weighted by atomic mass is 19.1. The molecule has 2 aromatic rings. The summed E-state index contributed by atoms with van der Waals surface area (Å²) in [5.74, 6) is -0.778. The lowest BCUT2D eigenvalue weighted by molar-refractivity contribution is 0.375. The van der Waals surface area contributed by atoms with Crippen LogP contribution in [0.2, 0.25) is 0 Å². The number of nitrogens with two attached hydrogens (primary N) is 1. The molecule has 20 heavy (non-hydrogen) atoms. The Morgan fingerprint density at radius 3 is 2.45 bits per heavy atom. The van der Waals surface area contributed by atoms with E-state index in [0.29, 0.717) is 17.5 Å². The maximum atomic E-state index is 14.4. The monoisotopic (exact) mass is 277 g/mol. The van der Waals surface area contributed by atoms with Crippen molar-refractivity contribution in [2.75, 3.05) is 7.11 Å². The number of halogens is 2. The molecule has 2 rings (SSSR count). The molecule has 1 unspecified atom stereocenters. The van der Waals surface area contributed by atoms with Gasteiger partial charge in [-0.25, -0.2) is 8.78 Å². The van der Waals surface area contributed by atoms with Gasteiger partial charge in [0.1, 0.15) is 5.82 Å². The number of benzene rings is 2. The normalized spacial score (nSPS) is 13.8. The van der Waals surface area contributed by atoms with E-state index in [1.165, 1.54) is 25.3 Å². The maximum Gasteiger partial charge on any atom is 0.170 e. The van der Waals surface area contributed by atoms with Crippen molar-refractivity contribution >= 4 is 0 Å². The summed E-state index contributed by atoms with van der Waals surface area (Å²) in [7, 11) is 1.40. The number of methoxy groups -OCH3 is 1. The zero-order valence-electron chi connectivity index (χ0n) is 11.5. The molecule has 0 saturated heterocycles. The first-order chi connectivity index (χ1) is 9.52. The first-order valence-corrected chi connectivity index (χ1v) is 6.41. The van der Waals surface area contributed by atoms with Crippen LogP contribution in [0.15, 0.2) is 42.5 Å². The van der Waals surface area contributed by atoms with Crippen molar-refractivity contribution in [2.24, 2.45) is 5.73 Å². The molecule has 106 valence electrons. The van der Waals surface area contributed by atoms with Gasteiger partial charge in [0.05, 0.1) is 12.6 Å².